The predicted molar refractivity (Wildman–Crippen MR) is 75.9 cm³/mol. The molecule has 0 aromatic heterocycles. The molecule has 0 bridgehead atoms. The molecular weight excluding hydrogens is 300 g/mol. The van der Waals surface area contributed by atoms with Crippen LogP contribution in [0, 0.1) is 11.3 Å². The van der Waals surface area contributed by atoms with Gasteiger partial charge in [-0.2, -0.15) is 21.7 Å². The molecule has 0 spiro atoms. The summed E-state index contributed by atoms with van der Waals surface area (Å²) in [6.45, 7) is 0. The van der Waals surface area contributed by atoms with Crippen molar-refractivity contribution >= 4 is 27.8 Å². The van der Waals surface area contributed by atoms with Crippen molar-refractivity contribution in [2.24, 2.45) is 0 Å². The molecule has 8 heteroatoms. The van der Waals surface area contributed by atoms with E-state index in [2.05, 4.69) is 4.72 Å². The van der Waals surface area contributed by atoms with Crippen LogP contribution >= 0.6 is 11.8 Å². The van der Waals surface area contributed by atoms with Crippen LogP contribution in [0.2, 0.25) is 0 Å². The molecule has 0 aliphatic rings. The Balaban J connectivity index is 2.97. The van der Waals surface area contributed by atoms with Crippen LogP contribution in [-0.4, -0.2) is 37.5 Å². The fourth-order valence-electron chi connectivity index (χ4n) is 1.46. The second kappa shape index (κ2) is 7.28. The summed E-state index contributed by atoms with van der Waals surface area (Å²) in [7, 11) is -3.96. The molecule has 1 atom stereocenters. The summed E-state index contributed by atoms with van der Waals surface area (Å²) >= 11 is 1.43. The van der Waals surface area contributed by atoms with Gasteiger partial charge < -0.3 is 5.11 Å². The van der Waals surface area contributed by atoms with Gasteiger partial charge in [-0.15, -0.1) is 0 Å². The number of nitriles is 1. The molecule has 0 aliphatic carbocycles. The number of hydrogen-bond acceptors (Lipinski definition) is 5. The van der Waals surface area contributed by atoms with Crippen molar-refractivity contribution in [3.8, 4) is 6.07 Å². The van der Waals surface area contributed by atoms with Crippen molar-refractivity contribution in [2.75, 3.05) is 12.0 Å². The molecule has 0 fully saturated rings. The SMILES string of the molecule is CSCC[C@H](NS(=O)(=O)c1cccc(C#N)c1)C(=O)O. The van der Waals surface area contributed by atoms with Crippen LogP contribution < -0.4 is 4.72 Å². The number of carboxylic acids is 1. The number of benzene rings is 1. The molecule has 0 heterocycles. The average Bonchev–Trinajstić information content (AvgIpc) is 2.43. The lowest BCUT2D eigenvalue weighted by Crippen LogP contribution is -2.41. The maximum atomic E-state index is 12.1. The number of thioether (sulfide) groups is 1. The molecule has 0 saturated carbocycles. The standard InChI is InChI=1S/C12H14N2O4S2/c1-19-6-5-11(12(15)16)14-20(17,18)10-4-2-3-9(7-10)8-13/h2-4,7,11,14H,5-6H2,1H3,(H,15,16)/t11-/m0/s1. The van der Waals surface area contributed by atoms with E-state index in [1.54, 1.807) is 0 Å². The fourth-order valence-corrected chi connectivity index (χ4v) is 3.20. The summed E-state index contributed by atoms with van der Waals surface area (Å²) in [6, 6.07) is 6.08. The number of carbonyl (C=O) groups is 1. The molecular formula is C12H14N2O4S2. The summed E-state index contributed by atoms with van der Waals surface area (Å²) < 4.78 is 26.3. The number of hydrogen-bond donors (Lipinski definition) is 2. The zero-order chi connectivity index (χ0) is 15.2. The zero-order valence-electron chi connectivity index (χ0n) is 10.7. The summed E-state index contributed by atoms with van der Waals surface area (Å²) in [5.74, 6) is -0.698. The van der Waals surface area contributed by atoms with Crippen LogP contribution in [0.1, 0.15) is 12.0 Å². The van der Waals surface area contributed by atoms with E-state index in [4.69, 9.17) is 10.4 Å². The molecule has 0 aliphatic heterocycles. The van der Waals surface area contributed by atoms with Gasteiger partial charge in [-0.05, 0) is 36.6 Å². The quantitative estimate of drug-likeness (QED) is 0.778. The number of sulfonamides is 1. The van der Waals surface area contributed by atoms with Crippen LogP contribution in [0.5, 0.6) is 0 Å². The number of aliphatic carboxylic acids is 1. The minimum atomic E-state index is -3.96. The first-order valence-electron chi connectivity index (χ1n) is 5.65. The maximum Gasteiger partial charge on any atom is 0.321 e. The second-order valence-corrected chi connectivity index (χ2v) is 6.63. The molecule has 0 unspecified atom stereocenters. The van der Waals surface area contributed by atoms with Gasteiger partial charge >= 0.3 is 5.97 Å². The third-order valence-electron chi connectivity index (χ3n) is 2.48. The topological polar surface area (TPSA) is 107 Å². The molecule has 2 N–H and O–H groups in total. The monoisotopic (exact) mass is 314 g/mol. The number of nitrogens with one attached hydrogen (secondary N) is 1. The molecule has 6 nitrogen and oxygen atoms in total. The molecule has 0 amide bonds. The van der Waals surface area contributed by atoms with E-state index >= 15 is 0 Å². The average molecular weight is 314 g/mol. The van der Waals surface area contributed by atoms with Gasteiger partial charge in [0.05, 0.1) is 16.5 Å². The van der Waals surface area contributed by atoms with Gasteiger partial charge in [-0.1, -0.05) is 6.07 Å². The largest absolute Gasteiger partial charge is 0.480 e. The highest BCUT2D eigenvalue weighted by atomic mass is 32.2. The van der Waals surface area contributed by atoms with Gasteiger partial charge in [0.1, 0.15) is 6.04 Å². The minimum absolute atomic E-state index is 0.119. The molecule has 108 valence electrons. The van der Waals surface area contributed by atoms with Gasteiger partial charge in [0.15, 0.2) is 0 Å². The highest BCUT2D eigenvalue weighted by molar-refractivity contribution is 7.98. The molecule has 1 rings (SSSR count). The molecule has 1 aromatic rings. The Morgan fingerprint density at radius 2 is 2.25 bits per heavy atom. The smallest absolute Gasteiger partial charge is 0.321 e. The van der Waals surface area contributed by atoms with Crippen LogP contribution in [0.15, 0.2) is 29.2 Å². The van der Waals surface area contributed by atoms with Crippen molar-refractivity contribution in [1.29, 1.82) is 5.26 Å². The lowest BCUT2D eigenvalue weighted by Gasteiger charge is -2.14. The lowest BCUT2D eigenvalue weighted by molar-refractivity contribution is -0.139. The van der Waals surface area contributed by atoms with E-state index < -0.39 is 22.0 Å². The van der Waals surface area contributed by atoms with Gasteiger partial charge in [0.2, 0.25) is 10.0 Å². The van der Waals surface area contributed by atoms with E-state index in [9.17, 15) is 13.2 Å². The minimum Gasteiger partial charge on any atom is -0.480 e. The van der Waals surface area contributed by atoms with Crippen LogP contribution in [0.3, 0.4) is 0 Å². The summed E-state index contributed by atoms with van der Waals surface area (Å²) in [5, 5.41) is 17.8. The highest BCUT2D eigenvalue weighted by Crippen LogP contribution is 2.12. The Morgan fingerprint density at radius 3 is 2.80 bits per heavy atom. The van der Waals surface area contributed by atoms with Crippen molar-refractivity contribution in [1.82, 2.24) is 4.72 Å². The molecule has 1 aromatic carbocycles. The molecule has 0 saturated heterocycles. The first kappa shape index (κ1) is 16.5. The van der Waals surface area contributed by atoms with E-state index in [1.165, 1.54) is 36.0 Å². The number of carboxylic acid groups (broad SMARTS) is 1. The van der Waals surface area contributed by atoms with Crippen molar-refractivity contribution < 1.29 is 18.3 Å². The van der Waals surface area contributed by atoms with Crippen molar-refractivity contribution in [2.45, 2.75) is 17.4 Å². The number of nitrogens with zero attached hydrogens (tertiary/aromatic N) is 1. The van der Waals surface area contributed by atoms with Gasteiger partial charge in [-0.25, -0.2) is 8.42 Å². The first-order chi connectivity index (χ1) is 9.40. The Morgan fingerprint density at radius 1 is 1.55 bits per heavy atom. The fraction of sp³-hybridized carbons (Fsp3) is 0.333. The zero-order valence-corrected chi connectivity index (χ0v) is 12.4. The van der Waals surface area contributed by atoms with Crippen LogP contribution in [-0.2, 0) is 14.8 Å². The number of rotatable bonds is 7. The summed E-state index contributed by atoms with van der Waals surface area (Å²) in [6.07, 6.45) is 2.00. The highest BCUT2D eigenvalue weighted by Gasteiger charge is 2.25. The first-order valence-corrected chi connectivity index (χ1v) is 8.52. The third-order valence-corrected chi connectivity index (χ3v) is 4.59. The van der Waals surface area contributed by atoms with Gasteiger partial charge in [0, 0.05) is 0 Å². The normalized spacial score (nSPS) is 12.6. The predicted octanol–water partition coefficient (Wildman–Crippen LogP) is 1.04. The van der Waals surface area contributed by atoms with E-state index in [0.717, 1.165) is 0 Å². The maximum absolute atomic E-state index is 12.1. The molecule has 0 radical (unpaired) electrons. The van der Waals surface area contributed by atoms with Gasteiger partial charge in [0.25, 0.3) is 0 Å². The van der Waals surface area contributed by atoms with Gasteiger partial charge in [-0.3, -0.25) is 4.79 Å². The second-order valence-electron chi connectivity index (χ2n) is 3.93. The van der Waals surface area contributed by atoms with E-state index in [0.29, 0.717) is 5.75 Å². The molecule has 20 heavy (non-hydrogen) atoms. The van der Waals surface area contributed by atoms with E-state index in [1.807, 2.05) is 12.3 Å². The Labute approximate surface area is 121 Å². The summed E-state index contributed by atoms with van der Waals surface area (Å²) in [4.78, 5) is 10.9. The van der Waals surface area contributed by atoms with Crippen molar-refractivity contribution in [3.05, 3.63) is 29.8 Å². The van der Waals surface area contributed by atoms with Crippen molar-refractivity contribution in [3.63, 3.8) is 0 Å². The Bertz CT molecular complexity index is 623. The Hall–Kier alpha value is -1.56. The summed E-state index contributed by atoms with van der Waals surface area (Å²) in [5.41, 5.74) is 0.198. The lowest BCUT2D eigenvalue weighted by atomic mass is 10.2. The van der Waals surface area contributed by atoms with Crippen LogP contribution in [0.4, 0.5) is 0 Å². The van der Waals surface area contributed by atoms with E-state index in [-0.39, 0.29) is 16.9 Å². The third kappa shape index (κ3) is 4.52. The van der Waals surface area contributed by atoms with Crippen LogP contribution in [0.25, 0.3) is 0 Å². The Kier molecular flexibility index (Phi) is 6.01.